The minimum Gasteiger partial charge on any atom is -0.493 e. The lowest BCUT2D eigenvalue weighted by atomic mass is 9.94. The normalized spacial score (nSPS) is 12.2. The number of para-hydroxylation sites is 2. The van der Waals surface area contributed by atoms with Crippen LogP contribution in [0.15, 0.2) is 61.2 Å². The van der Waals surface area contributed by atoms with E-state index in [1.54, 1.807) is 24.3 Å². The van der Waals surface area contributed by atoms with Crippen LogP contribution >= 0.6 is 0 Å². The van der Waals surface area contributed by atoms with Gasteiger partial charge in [0.05, 0.1) is 6.61 Å². The van der Waals surface area contributed by atoms with Gasteiger partial charge in [-0.05, 0) is 30.7 Å². The average Bonchev–Trinajstić information content (AvgIpc) is 2.78. The Morgan fingerprint density at radius 1 is 1.13 bits per heavy atom. The highest BCUT2D eigenvalue weighted by molar-refractivity contribution is 5.94. The van der Waals surface area contributed by atoms with Crippen molar-refractivity contribution >= 4 is 11.9 Å². The smallest absolute Gasteiger partial charge is 0.347 e. The minimum atomic E-state index is -1.26. The quantitative estimate of drug-likeness (QED) is 0.218. The Labute approximate surface area is 180 Å². The van der Waals surface area contributed by atoms with Gasteiger partial charge in [-0.25, -0.2) is 14.0 Å². The highest BCUT2D eigenvalue weighted by Crippen LogP contribution is 2.26. The van der Waals surface area contributed by atoms with Crippen molar-refractivity contribution in [3.8, 4) is 17.6 Å². The zero-order valence-corrected chi connectivity index (χ0v) is 17.3. The number of nitrogens with zero attached hydrogens (tertiary/aromatic N) is 1. The maximum atomic E-state index is 13.8. The lowest BCUT2D eigenvalue weighted by Crippen LogP contribution is -2.33. The third kappa shape index (κ3) is 6.68. The minimum absolute atomic E-state index is 0.143. The summed E-state index contributed by atoms with van der Waals surface area (Å²) in [6.07, 6.45) is 2.72. The standard InChI is InChI=1S/C24H24FNO5/c1-3-14-24(17-26,31-22(27)4-2)15-9-16-29-20-12-7-5-10-18(20)23(28)30-21-13-8-6-11-19(21)25/h4-8,10-13H,2-3,9,14-16H2,1H3. The fraction of sp³-hybridized carbons (Fsp3) is 0.292. The molecule has 0 fully saturated rings. The summed E-state index contributed by atoms with van der Waals surface area (Å²) < 4.78 is 29.9. The van der Waals surface area contributed by atoms with Crippen LogP contribution in [0, 0.1) is 17.1 Å². The van der Waals surface area contributed by atoms with E-state index in [4.69, 9.17) is 14.2 Å². The van der Waals surface area contributed by atoms with Gasteiger partial charge >= 0.3 is 11.9 Å². The van der Waals surface area contributed by atoms with E-state index < -0.39 is 23.4 Å². The van der Waals surface area contributed by atoms with Gasteiger partial charge in [0.1, 0.15) is 17.4 Å². The van der Waals surface area contributed by atoms with Crippen LogP contribution < -0.4 is 9.47 Å². The largest absolute Gasteiger partial charge is 0.493 e. The fourth-order valence-electron chi connectivity index (χ4n) is 2.98. The molecule has 0 saturated heterocycles. The van der Waals surface area contributed by atoms with Gasteiger partial charge in [0.25, 0.3) is 0 Å². The Morgan fingerprint density at radius 3 is 2.45 bits per heavy atom. The van der Waals surface area contributed by atoms with E-state index in [-0.39, 0.29) is 30.1 Å². The second kappa shape index (κ2) is 11.5. The predicted octanol–water partition coefficient (Wildman–Crippen LogP) is 5.00. The molecule has 0 N–H and O–H groups in total. The summed E-state index contributed by atoms with van der Waals surface area (Å²) in [5.41, 5.74) is -1.11. The van der Waals surface area contributed by atoms with Gasteiger partial charge in [-0.3, -0.25) is 0 Å². The highest BCUT2D eigenvalue weighted by Gasteiger charge is 2.32. The van der Waals surface area contributed by atoms with Gasteiger partial charge in [-0.2, -0.15) is 5.26 Å². The number of hydrogen-bond donors (Lipinski definition) is 0. The molecule has 0 heterocycles. The number of rotatable bonds is 11. The molecule has 0 saturated carbocycles. The molecule has 2 aromatic rings. The van der Waals surface area contributed by atoms with Crippen molar-refractivity contribution in [1.82, 2.24) is 0 Å². The molecule has 1 unspecified atom stereocenters. The summed E-state index contributed by atoms with van der Waals surface area (Å²) in [6.45, 7) is 5.42. The van der Waals surface area contributed by atoms with Crippen LogP contribution in [-0.2, 0) is 9.53 Å². The molecule has 7 heteroatoms. The maximum absolute atomic E-state index is 13.8. The molecule has 0 aliphatic rings. The first kappa shape index (κ1) is 23.6. The van der Waals surface area contributed by atoms with Crippen LogP contribution in [0.1, 0.15) is 43.0 Å². The predicted molar refractivity (Wildman–Crippen MR) is 112 cm³/mol. The molecule has 6 nitrogen and oxygen atoms in total. The first-order valence-corrected chi connectivity index (χ1v) is 9.90. The molecule has 0 aliphatic carbocycles. The van der Waals surface area contributed by atoms with Gasteiger partial charge in [0.2, 0.25) is 0 Å². The molecule has 162 valence electrons. The van der Waals surface area contributed by atoms with Crippen LogP contribution in [0.2, 0.25) is 0 Å². The summed E-state index contributed by atoms with van der Waals surface area (Å²) in [6, 6.07) is 14.1. The van der Waals surface area contributed by atoms with Gasteiger partial charge in [0, 0.05) is 18.9 Å². The first-order chi connectivity index (χ1) is 14.9. The van der Waals surface area contributed by atoms with E-state index in [0.29, 0.717) is 19.3 Å². The molecule has 0 aliphatic heterocycles. The summed E-state index contributed by atoms with van der Waals surface area (Å²) in [5.74, 6) is -1.96. The van der Waals surface area contributed by atoms with Gasteiger partial charge in [-0.1, -0.05) is 44.2 Å². The third-order valence-corrected chi connectivity index (χ3v) is 4.45. The van der Waals surface area contributed by atoms with Gasteiger partial charge < -0.3 is 14.2 Å². The number of hydrogen-bond acceptors (Lipinski definition) is 6. The van der Waals surface area contributed by atoms with Crippen molar-refractivity contribution in [2.24, 2.45) is 0 Å². The first-order valence-electron chi connectivity index (χ1n) is 9.90. The number of carbonyl (C=O) groups is 2. The van der Waals surface area contributed by atoms with Crippen LogP contribution in [0.3, 0.4) is 0 Å². The molecular formula is C24H24FNO5. The summed E-state index contributed by atoms with van der Waals surface area (Å²) in [5, 5.41) is 9.55. The van der Waals surface area contributed by atoms with E-state index in [2.05, 4.69) is 12.6 Å². The van der Waals surface area contributed by atoms with Crippen LogP contribution in [-0.4, -0.2) is 24.1 Å². The monoisotopic (exact) mass is 425 g/mol. The van der Waals surface area contributed by atoms with Crippen LogP contribution in [0.4, 0.5) is 4.39 Å². The zero-order chi connectivity index (χ0) is 22.7. The highest BCUT2D eigenvalue weighted by atomic mass is 19.1. The number of esters is 2. The van der Waals surface area contributed by atoms with Crippen LogP contribution in [0.5, 0.6) is 11.5 Å². The molecule has 2 aromatic carbocycles. The lowest BCUT2D eigenvalue weighted by molar-refractivity contribution is -0.149. The van der Waals surface area contributed by atoms with E-state index in [1.165, 1.54) is 24.3 Å². The molecule has 0 radical (unpaired) electrons. The number of nitriles is 1. The Hall–Kier alpha value is -3.66. The Bertz CT molecular complexity index is 968. The van der Waals surface area contributed by atoms with Crippen molar-refractivity contribution in [3.63, 3.8) is 0 Å². The van der Waals surface area contributed by atoms with Gasteiger partial charge in [-0.15, -0.1) is 0 Å². The number of halogens is 1. The molecule has 0 spiro atoms. The molecule has 2 rings (SSSR count). The molecule has 31 heavy (non-hydrogen) atoms. The van der Waals surface area contributed by atoms with E-state index >= 15 is 0 Å². The second-order valence-corrected chi connectivity index (χ2v) is 6.75. The molecule has 0 bridgehead atoms. The van der Waals surface area contributed by atoms with E-state index in [0.717, 1.165) is 6.08 Å². The fourth-order valence-corrected chi connectivity index (χ4v) is 2.98. The summed E-state index contributed by atoms with van der Waals surface area (Å²) in [4.78, 5) is 24.1. The SMILES string of the molecule is C=CC(=O)OC(C#N)(CCC)CCCOc1ccccc1C(=O)Oc1ccccc1F. The number of ether oxygens (including phenoxy) is 3. The van der Waals surface area contributed by atoms with Crippen molar-refractivity contribution < 1.29 is 28.2 Å². The van der Waals surface area contributed by atoms with Crippen molar-refractivity contribution in [2.45, 2.75) is 38.2 Å². The second-order valence-electron chi connectivity index (χ2n) is 6.75. The number of carbonyl (C=O) groups excluding carboxylic acids is 2. The summed E-state index contributed by atoms with van der Waals surface area (Å²) >= 11 is 0. The Kier molecular flexibility index (Phi) is 8.77. The van der Waals surface area contributed by atoms with Crippen LogP contribution in [0.25, 0.3) is 0 Å². The van der Waals surface area contributed by atoms with Crippen molar-refractivity contribution in [2.75, 3.05) is 6.61 Å². The Balaban J connectivity index is 2.02. The topological polar surface area (TPSA) is 85.6 Å². The van der Waals surface area contributed by atoms with Crippen molar-refractivity contribution in [1.29, 1.82) is 5.26 Å². The third-order valence-electron chi connectivity index (χ3n) is 4.45. The van der Waals surface area contributed by atoms with E-state index in [9.17, 15) is 19.2 Å². The van der Waals surface area contributed by atoms with Gasteiger partial charge in [0.15, 0.2) is 17.2 Å². The molecule has 0 amide bonds. The number of benzene rings is 2. The lowest BCUT2D eigenvalue weighted by Gasteiger charge is -2.25. The molecule has 0 aromatic heterocycles. The Morgan fingerprint density at radius 2 is 1.81 bits per heavy atom. The van der Waals surface area contributed by atoms with E-state index in [1.807, 2.05) is 6.92 Å². The van der Waals surface area contributed by atoms with Crippen molar-refractivity contribution in [3.05, 3.63) is 72.6 Å². The average molecular weight is 425 g/mol. The summed E-state index contributed by atoms with van der Waals surface area (Å²) in [7, 11) is 0. The molecule has 1 atom stereocenters. The zero-order valence-electron chi connectivity index (χ0n) is 17.3. The molecular weight excluding hydrogens is 401 g/mol. The maximum Gasteiger partial charge on any atom is 0.347 e.